The van der Waals surface area contributed by atoms with Crippen LogP contribution < -0.4 is 4.90 Å². The van der Waals surface area contributed by atoms with E-state index in [0.717, 1.165) is 55.5 Å². The first kappa shape index (κ1) is 20.7. The van der Waals surface area contributed by atoms with E-state index in [2.05, 4.69) is 32.5 Å². The highest BCUT2D eigenvalue weighted by Crippen LogP contribution is 2.47. The Morgan fingerprint density at radius 1 is 1.19 bits per heavy atom. The number of imide groups is 1. The number of amides is 2. The molecule has 8 heteroatoms. The van der Waals surface area contributed by atoms with Gasteiger partial charge in [-0.2, -0.15) is 0 Å². The lowest BCUT2D eigenvalue weighted by atomic mass is 9.83. The number of fused-ring (bicyclic) bond motifs is 1. The lowest BCUT2D eigenvalue weighted by molar-refractivity contribution is -0.138. The first-order valence-electron chi connectivity index (χ1n) is 10.9. The van der Waals surface area contributed by atoms with Crippen molar-refractivity contribution in [3.05, 3.63) is 51.5 Å². The Balaban J connectivity index is 1.42. The second kappa shape index (κ2) is 8.37. The summed E-state index contributed by atoms with van der Waals surface area (Å²) in [4.78, 5) is 39.4. The molecule has 162 valence electrons. The van der Waals surface area contributed by atoms with Crippen LogP contribution in [0.15, 0.2) is 36.5 Å². The highest BCUT2D eigenvalue weighted by atomic mass is 127. The van der Waals surface area contributed by atoms with Gasteiger partial charge in [-0.25, -0.2) is 19.7 Å². The second-order valence-corrected chi connectivity index (χ2v) is 9.57. The highest BCUT2D eigenvalue weighted by molar-refractivity contribution is 14.1. The predicted molar refractivity (Wildman–Crippen MR) is 123 cm³/mol. The van der Waals surface area contributed by atoms with Gasteiger partial charge >= 0.3 is 6.09 Å². The van der Waals surface area contributed by atoms with E-state index in [4.69, 9.17) is 9.72 Å². The van der Waals surface area contributed by atoms with Crippen LogP contribution in [0, 0.1) is 3.83 Å². The number of halogens is 1. The number of hydrogen-bond donors (Lipinski definition) is 0. The molecule has 7 nitrogen and oxygen atoms in total. The SMILES string of the molecule is O=C(OCc1ccccc1)N1CCCC2(Cc3cnc(I)nc3N2C2CCCC2)C1=O. The van der Waals surface area contributed by atoms with Crippen LogP contribution in [0.25, 0.3) is 0 Å². The third-order valence-corrected chi connectivity index (χ3v) is 7.23. The molecule has 1 aromatic heterocycles. The van der Waals surface area contributed by atoms with E-state index in [9.17, 15) is 9.59 Å². The Hall–Kier alpha value is -2.23. The van der Waals surface area contributed by atoms with Gasteiger partial charge in [-0.15, -0.1) is 0 Å². The van der Waals surface area contributed by atoms with Crippen molar-refractivity contribution < 1.29 is 14.3 Å². The van der Waals surface area contributed by atoms with Gasteiger partial charge in [0.15, 0.2) is 3.83 Å². The molecule has 2 aliphatic heterocycles. The molecule has 2 aromatic rings. The zero-order valence-corrected chi connectivity index (χ0v) is 19.5. The smallest absolute Gasteiger partial charge is 0.416 e. The number of aromatic nitrogens is 2. The first-order chi connectivity index (χ1) is 15.1. The molecule has 1 spiro atoms. The third kappa shape index (κ3) is 3.68. The van der Waals surface area contributed by atoms with E-state index in [1.165, 1.54) is 4.90 Å². The van der Waals surface area contributed by atoms with E-state index in [-0.39, 0.29) is 18.6 Å². The van der Waals surface area contributed by atoms with Gasteiger partial charge in [0.05, 0.1) is 0 Å². The highest BCUT2D eigenvalue weighted by Gasteiger charge is 2.57. The lowest BCUT2D eigenvalue weighted by Crippen LogP contribution is -2.65. The van der Waals surface area contributed by atoms with Crippen molar-refractivity contribution in [3.8, 4) is 0 Å². The fraction of sp³-hybridized carbons (Fsp3) is 0.478. The number of ether oxygens (including phenoxy) is 1. The molecule has 3 aliphatic rings. The fourth-order valence-corrected chi connectivity index (χ4v) is 5.71. The van der Waals surface area contributed by atoms with Crippen molar-refractivity contribution in [3.63, 3.8) is 0 Å². The summed E-state index contributed by atoms with van der Waals surface area (Å²) in [5.74, 6) is 0.718. The molecule has 3 heterocycles. The normalized spacial score (nSPS) is 23.5. The number of nitrogens with zero attached hydrogens (tertiary/aromatic N) is 4. The maximum absolute atomic E-state index is 13.9. The summed E-state index contributed by atoms with van der Waals surface area (Å²) in [6, 6.07) is 9.81. The molecule has 2 amide bonds. The van der Waals surface area contributed by atoms with Crippen molar-refractivity contribution in [1.82, 2.24) is 14.9 Å². The van der Waals surface area contributed by atoms with Crippen molar-refractivity contribution >= 4 is 40.4 Å². The number of benzene rings is 1. The summed E-state index contributed by atoms with van der Waals surface area (Å²) >= 11 is 2.12. The van der Waals surface area contributed by atoms with E-state index in [1.54, 1.807) is 0 Å². The Labute approximate surface area is 195 Å². The van der Waals surface area contributed by atoms with Gasteiger partial charge in [-0.3, -0.25) is 4.79 Å². The number of piperidine rings is 1. The maximum Gasteiger partial charge on any atom is 0.416 e. The van der Waals surface area contributed by atoms with Crippen LogP contribution in [0.4, 0.5) is 10.6 Å². The number of anilines is 1. The largest absolute Gasteiger partial charge is 0.444 e. The van der Waals surface area contributed by atoms with Crippen LogP contribution in [0.2, 0.25) is 0 Å². The monoisotopic (exact) mass is 532 g/mol. The molecule has 31 heavy (non-hydrogen) atoms. The van der Waals surface area contributed by atoms with Crippen LogP contribution in [0.3, 0.4) is 0 Å². The topological polar surface area (TPSA) is 75.6 Å². The predicted octanol–water partition coefficient (Wildman–Crippen LogP) is 4.08. The molecule has 0 N–H and O–H groups in total. The van der Waals surface area contributed by atoms with Gasteiger partial charge in [0, 0.05) is 53.4 Å². The van der Waals surface area contributed by atoms with Crippen LogP contribution in [-0.2, 0) is 22.6 Å². The van der Waals surface area contributed by atoms with Crippen molar-refractivity contribution in [2.24, 2.45) is 0 Å². The molecule has 0 bridgehead atoms. The van der Waals surface area contributed by atoms with Gasteiger partial charge in [-0.05, 0) is 31.2 Å². The molecule has 2 fully saturated rings. The van der Waals surface area contributed by atoms with Crippen molar-refractivity contribution in [1.29, 1.82) is 0 Å². The molecule has 0 radical (unpaired) electrons. The van der Waals surface area contributed by atoms with Gasteiger partial charge in [-0.1, -0.05) is 43.2 Å². The summed E-state index contributed by atoms with van der Waals surface area (Å²) in [6.45, 7) is 0.555. The van der Waals surface area contributed by atoms with Crippen LogP contribution in [-0.4, -0.2) is 45.0 Å². The van der Waals surface area contributed by atoms with Gasteiger partial charge in [0.2, 0.25) is 0 Å². The number of likely N-dealkylation sites (tertiary alicyclic amines) is 1. The minimum Gasteiger partial charge on any atom is -0.444 e. The second-order valence-electron chi connectivity index (χ2n) is 8.61. The molecule has 1 aliphatic carbocycles. The van der Waals surface area contributed by atoms with E-state index >= 15 is 0 Å². The fourth-order valence-electron chi connectivity index (χ4n) is 5.35. The average Bonchev–Trinajstić information content (AvgIpc) is 3.40. The molecule has 1 aromatic carbocycles. The van der Waals surface area contributed by atoms with Gasteiger partial charge < -0.3 is 9.64 Å². The minimum absolute atomic E-state index is 0.156. The van der Waals surface area contributed by atoms with Gasteiger partial charge in [0.1, 0.15) is 18.0 Å². The molecule has 1 unspecified atom stereocenters. The Kier molecular flexibility index (Phi) is 5.58. The first-order valence-corrected chi connectivity index (χ1v) is 12.0. The van der Waals surface area contributed by atoms with Crippen molar-refractivity contribution in [2.75, 3.05) is 11.4 Å². The van der Waals surface area contributed by atoms with Crippen LogP contribution >= 0.6 is 22.6 Å². The number of carbonyl (C=O) groups is 2. The standard InChI is InChI=1S/C23H25IN4O3/c24-21-25-14-17-13-23(28(19(17)26-21)18-9-4-5-10-18)11-6-12-27(20(23)29)22(30)31-15-16-7-2-1-3-8-16/h1-3,7-8,14,18H,4-6,9-13,15H2. The Morgan fingerprint density at radius 2 is 1.97 bits per heavy atom. The summed E-state index contributed by atoms with van der Waals surface area (Å²) < 4.78 is 6.20. The van der Waals surface area contributed by atoms with E-state index < -0.39 is 11.6 Å². The van der Waals surface area contributed by atoms with Crippen LogP contribution in [0.1, 0.15) is 49.7 Å². The number of rotatable bonds is 3. The zero-order chi connectivity index (χ0) is 21.4. The average molecular weight is 532 g/mol. The van der Waals surface area contributed by atoms with Gasteiger partial charge in [0.25, 0.3) is 5.91 Å². The molecular weight excluding hydrogens is 507 g/mol. The molecule has 1 saturated heterocycles. The molecular formula is C23H25IN4O3. The molecule has 1 atom stereocenters. The summed E-state index contributed by atoms with van der Waals surface area (Å²) in [7, 11) is 0. The maximum atomic E-state index is 13.9. The number of hydrogen-bond acceptors (Lipinski definition) is 6. The number of carbonyl (C=O) groups excluding carboxylic acids is 2. The van der Waals surface area contributed by atoms with E-state index in [1.807, 2.05) is 36.5 Å². The van der Waals surface area contributed by atoms with Crippen molar-refractivity contribution in [2.45, 2.75) is 63.1 Å². The summed E-state index contributed by atoms with van der Waals surface area (Å²) in [5.41, 5.74) is 1.14. The van der Waals surface area contributed by atoms with Crippen LogP contribution in [0.5, 0.6) is 0 Å². The zero-order valence-electron chi connectivity index (χ0n) is 17.3. The molecule has 5 rings (SSSR count). The van der Waals surface area contributed by atoms with E-state index in [0.29, 0.717) is 16.8 Å². The third-order valence-electron chi connectivity index (χ3n) is 6.72. The Bertz CT molecular complexity index is 996. The molecule has 1 saturated carbocycles. The Morgan fingerprint density at radius 3 is 2.74 bits per heavy atom. The summed E-state index contributed by atoms with van der Waals surface area (Å²) in [5, 5.41) is 0. The summed E-state index contributed by atoms with van der Waals surface area (Å²) in [6.07, 6.45) is 7.73. The lowest BCUT2D eigenvalue weighted by Gasteiger charge is -2.46. The minimum atomic E-state index is -0.763. The quantitative estimate of drug-likeness (QED) is 0.438.